The molecule has 7 heteroatoms. The highest BCUT2D eigenvalue weighted by Crippen LogP contribution is 2.16. The van der Waals surface area contributed by atoms with Gasteiger partial charge in [-0.1, -0.05) is 23.7 Å². The number of benzene rings is 1. The Morgan fingerprint density at radius 2 is 2.08 bits per heavy atom. The van der Waals surface area contributed by atoms with Crippen molar-refractivity contribution in [1.29, 1.82) is 0 Å². The van der Waals surface area contributed by atoms with Crippen molar-refractivity contribution in [3.8, 4) is 0 Å². The van der Waals surface area contributed by atoms with E-state index in [9.17, 15) is 9.90 Å². The molecule has 6 nitrogen and oxygen atoms in total. The van der Waals surface area contributed by atoms with Crippen molar-refractivity contribution in [3.05, 3.63) is 58.9 Å². The van der Waals surface area contributed by atoms with Crippen LogP contribution in [0.4, 0.5) is 5.69 Å². The van der Waals surface area contributed by atoms with Crippen LogP contribution in [0.2, 0.25) is 5.02 Å². The molecule has 0 radical (unpaired) electrons. The van der Waals surface area contributed by atoms with Gasteiger partial charge >= 0.3 is 5.97 Å². The first-order chi connectivity index (χ1) is 11.5. The molecule has 0 aliphatic carbocycles. The van der Waals surface area contributed by atoms with Crippen LogP contribution in [0.1, 0.15) is 17.4 Å². The Bertz CT molecular complexity index is 664. The molecule has 1 aromatic carbocycles. The number of hydrogen-bond acceptors (Lipinski definition) is 5. The third kappa shape index (κ3) is 6.16. The number of rotatable bonds is 9. The summed E-state index contributed by atoms with van der Waals surface area (Å²) >= 11 is 5.90. The minimum atomic E-state index is -0.898. The summed E-state index contributed by atoms with van der Waals surface area (Å²) in [7, 11) is 0. The molecule has 0 bridgehead atoms. The molecule has 0 fully saturated rings. The first kappa shape index (κ1) is 18.2. The fourth-order valence-electron chi connectivity index (χ4n) is 2.15. The predicted molar refractivity (Wildman–Crippen MR) is 93.3 cm³/mol. The molecule has 4 N–H and O–H groups in total. The number of aliphatic carboxylic acids is 1. The van der Waals surface area contributed by atoms with Gasteiger partial charge < -0.3 is 20.8 Å². The van der Waals surface area contributed by atoms with Gasteiger partial charge in [0.15, 0.2) is 0 Å². The smallest absolute Gasteiger partial charge is 0.309 e. The molecule has 128 valence electrons. The summed E-state index contributed by atoms with van der Waals surface area (Å²) in [5.74, 6) is -0.898. The molecule has 1 heterocycles. The fourth-order valence-corrected chi connectivity index (χ4v) is 2.35. The number of carbonyl (C=O) groups is 1. The molecule has 1 aromatic heterocycles. The minimum absolute atomic E-state index is 0.0801. The standard InChI is InChI=1S/C17H20ClN3O3/c18-13-3-1-2-12(8-13)16(22)11-19-6-7-20-15-5-4-14(21-10-15)9-17(23)24/h1-5,8,10,16,19-20,22H,6-7,9,11H2,(H,23,24)/t16-/m0/s1. The molecule has 0 spiro atoms. The summed E-state index contributed by atoms with van der Waals surface area (Å²) in [6, 6.07) is 10.6. The van der Waals surface area contributed by atoms with Gasteiger partial charge in [0.05, 0.1) is 30.1 Å². The number of anilines is 1. The Morgan fingerprint density at radius 1 is 1.25 bits per heavy atom. The van der Waals surface area contributed by atoms with Gasteiger partial charge in [-0.2, -0.15) is 0 Å². The summed E-state index contributed by atoms with van der Waals surface area (Å²) in [6.07, 6.45) is 0.920. The third-order valence-corrected chi connectivity index (χ3v) is 3.59. The van der Waals surface area contributed by atoms with E-state index < -0.39 is 12.1 Å². The number of carboxylic acids is 1. The summed E-state index contributed by atoms with van der Waals surface area (Å²) in [4.78, 5) is 14.7. The third-order valence-electron chi connectivity index (χ3n) is 3.36. The lowest BCUT2D eigenvalue weighted by molar-refractivity contribution is -0.136. The second-order valence-electron chi connectivity index (χ2n) is 5.31. The second-order valence-corrected chi connectivity index (χ2v) is 5.75. The second kappa shape index (κ2) is 9.22. The Morgan fingerprint density at radius 3 is 2.75 bits per heavy atom. The molecule has 0 aliphatic heterocycles. The van der Waals surface area contributed by atoms with Crippen LogP contribution in [0.15, 0.2) is 42.6 Å². The van der Waals surface area contributed by atoms with E-state index in [-0.39, 0.29) is 6.42 Å². The SMILES string of the molecule is O=C(O)Cc1ccc(NCCNC[C@H](O)c2cccc(Cl)c2)cn1. The summed E-state index contributed by atoms with van der Waals surface area (Å²) < 4.78 is 0. The first-order valence-corrected chi connectivity index (χ1v) is 7.97. The van der Waals surface area contributed by atoms with Crippen LogP contribution in [0, 0.1) is 0 Å². The average Bonchev–Trinajstić information content (AvgIpc) is 2.55. The Kier molecular flexibility index (Phi) is 6.99. The zero-order valence-corrected chi connectivity index (χ0v) is 13.8. The Hall–Kier alpha value is -2.15. The lowest BCUT2D eigenvalue weighted by Crippen LogP contribution is -2.26. The number of aromatic nitrogens is 1. The number of nitrogens with one attached hydrogen (secondary N) is 2. The van der Waals surface area contributed by atoms with Crippen molar-refractivity contribution in [3.63, 3.8) is 0 Å². The van der Waals surface area contributed by atoms with Gasteiger partial charge in [0.2, 0.25) is 0 Å². The molecular weight excluding hydrogens is 330 g/mol. The van der Waals surface area contributed by atoms with Crippen molar-refractivity contribution in [2.75, 3.05) is 25.0 Å². The van der Waals surface area contributed by atoms with Gasteiger partial charge in [0.1, 0.15) is 0 Å². The Balaban J connectivity index is 1.66. The van der Waals surface area contributed by atoms with Gasteiger partial charge in [-0.05, 0) is 29.8 Å². The van der Waals surface area contributed by atoms with E-state index in [4.69, 9.17) is 16.7 Å². The molecule has 0 saturated carbocycles. The van der Waals surface area contributed by atoms with Gasteiger partial charge in [0, 0.05) is 24.7 Å². The molecular formula is C17H20ClN3O3. The monoisotopic (exact) mass is 349 g/mol. The van der Waals surface area contributed by atoms with E-state index in [2.05, 4.69) is 15.6 Å². The fraction of sp³-hybridized carbons (Fsp3) is 0.294. The molecule has 2 aromatic rings. The van der Waals surface area contributed by atoms with Gasteiger partial charge in [-0.15, -0.1) is 0 Å². The number of halogens is 1. The number of nitrogens with zero attached hydrogens (tertiary/aromatic N) is 1. The van der Waals surface area contributed by atoms with Crippen LogP contribution < -0.4 is 10.6 Å². The van der Waals surface area contributed by atoms with Crippen molar-refractivity contribution >= 4 is 23.3 Å². The highest BCUT2D eigenvalue weighted by Gasteiger charge is 2.07. The number of carboxylic acid groups (broad SMARTS) is 1. The average molecular weight is 350 g/mol. The summed E-state index contributed by atoms with van der Waals surface area (Å²) in [5.41, 5.74) is 2.12. The molecule has 0 aliphatic rings. The highest BCUT2D eigenvalue weighted by molar-refractivity contribution is 6.30. The molecule has 1 atom stereocenters. The predicted octanol–water partition coefficient (Wildman–Crippen LogP) is 2.10. The van der Waals surface area contributed by atoms with E-state index in [0.717, 1.165) is 11.3 Å². The van der Waals surface area contributed by atoms with E-state index in [1.165, 1.54) is 0 Å². The minimum Gasteiger partial charge on any atom is -0.481 e. The molecule has 0 saturated heterocycles. The topological polar surface area (TPSA) is 94.5 Å². The van der Waals surface area contributed by atoms with Gasteiger partial charge in [-0.3, -0.25) is 9.78 Å². The number of aliphatic hydroxyl groups excluding tert-OH is 1. The lowest BCUT2D eigenvalue weighted by Gasteiger charge is -2.13. The molecule has 2 rings (SSSR count). The van der Waals surface area contributed by atoms with Crippen molar-refractivity contribution in [1.82, 2.24) is 10.3 Å². The zero-order valence-electron chi connectivity index (χ0n) is 13.1. The van der Waals surface area contributed by atoms with Gasteiger partial charge in [-0.25, -0.2) is 0 Å². The summed E-state index contributed by atoms with van der Waals surface area (Å²) in [6.45, 7) is 1.74. The van der Waals surface area contributed by atoms with Crippen molar-refractivity contribution in [2.24, 2.45) is 0 Å². The maximum absolute atomic E-state index is 10.6. The van der Waals surface area contributed by atoms with Crippen LogP contribution >= 0.6 is 11.6 Å². The number of aliphatic hydroxyl groups is 1. The van der Waals surface area contributed by atoms with Crippen LogP contribution in [0.5, 0.6) is 0 Å². The largest absolute Gasteiger partial charge is 0.481 e. The van der Waals surface area contributed by atoms with Crippen molar-refractivity contribution < 1.29 is 15.0 Å². The van der Waals surface area contributed by atoms with Gasteiger partial charge in [0.25, 0.3) is 0 Å². The van der Waals surface area contributed by atoms with Crippen LogP contribution in [-0.2, 0) is 11.2 Å². The Labute approximate surface area is 145 Å². The summed E-state index contributed by atoms with van der Waals surface area (Å²) in [5, 5.41) is 25.7. The van der Waals surface area contributed by atoms with E-state index in [1.54, 1.807) is 30.5 Å². The highest BCUT2D eigenvalue weighted by atomic mass is 35.5. The first-order valence-electron chi connectivity index (χ1n) is 7.59. The van der Waals surface area contributed by atoms with Crippen LogP contribution in [0.3, 0.4) is 0 Å². The van der Waals surface area contributed by atoms with E-state index >= 15 is 0 Å². The molecule has 0 amide bonds. The van der Waals surface area contributed by atoms with E-state index in [0.29, 0.717) is 30.4 Å². The molecule has 0 unspecified atom stereocenters. The molecule has 24 heavy (non-hydrogen) atoms. The maximum atomic E-state index is 10.6. The van der Waals surface area contributed by atoms with Crippen molar-refractivity contribution in [2.45, 2.75) is 12.5 Å². The quantitative estimate of drug-likeness (QED) is 0.518. The number of hydrogen-bond donors (Lipinski definition) is 4. The normalized spacial score (nSPS) is 11.9. The number of pyridine rings is 1. The zero-order chi connectivity index (χ0) is 17.4. The van der Waals surface area contributed by atoms with Crippen LogP contribution in [0.25, 0.3) is 0 Å². The van der Waals surface area contributed by atoms with Crippen LogP contribution in [-0.4, -0.2) is 40.8 Å². The lowest BCUT2D eigenvalue weighted by atomic mass is 10.1. The maximum Gasteiger partial charge on any atom is 0.309 e. The van der Waals surface area contributed by atoms with E-state index in [1.807, 2.05) is 12.1 Å².